The van der Waals surface area contributed by atoms with E-state index in [1.807, 2.05) is 0 Å². The molecule has 39 valence electrons. The van der Waals surface area contributed by atoms with E-state index in [9.17, 15) is 9.59 Å². The number of carbonyl (C=O) groups is 2. The summed E-state index contributed by atoms with van der Waals surface area (Å²) in [6, 6.07) is 0. The van der Waals surface area contributed by atoms with E-state index >= 15 is 0 Å². The molecule has 0 aliphatic rings. The number of primary amides is 1. The molecule has 0 heterocycles. The predicted octanol–water partition coefficient (Wildman–Crippen LogP) is -1.33. The molecule has 4 heteroatoms. The van der Waals surface area contributed by atoms with Crippen molar-refractivity contribution in [3.8, 4) is 0 Å². The highest BCUT2D eigenvalue weighted by atomic mass is 16.2. The predicted molar refractivity (Wildman–Crippen MR) is 21.9 cm³/mol. The molecule has 0 aliphatic carbocycles. The maximum Gasteiger partial charge on any atom is 0.247 e. The molecule has 0 aromatic carbocycles. The largest absolute Gasteiger partial charge is 0.369 e. The fourth-order valence-electron chi connectivity index (χ4n) is 0.158. The Morgan fingerprint density at radius 1 is 1.57 bits per heavy atom. The standard InChI is InChI=1S/C3H5N2O2/c4-2(6)1-3(5)7/h4H,1H2,(H2,5,7). The van der Waals surface area contributed by atoms with Gasteiger partial charge < -0.3 is 5.73 Å². The van der Waals surface area contributed by atoms with Crippen molar-refractivity contribution < 1.29 is 9.59 Å². The quantitative estimate of drug-likeness (QED) is 0.437. The number of nitrogens with two attached hydrogens (primary N) is 1. The van der Waals surface area contributed by atoms with Gasteiger partial charge in [-0.05, 0) is 0 Å². The zero-order chi connectivity index (χ0) is 5.86. The molecule has 7 heavy (non-hydrogen) atoms. The first kappa shape index (κ1) is 5.94. The lowest BCUT2D eigenvalue weighted by atomic mass is 10.4. The van der Waals surface area contributed by atoms with E-state index in [4.69, 9.17) is 5.73 Å². The van der Waals surface area contributed by atoms with Crippen LogP contribution in [-0.2, 0) is 9.59 Å². The minimum Gasteiger partial charge on any atom is -0.369 e. The Morgan fingerprint density at radius 3 is 2.00 bits per heavy atom. The van der Waals surface area contributed by atoms with Crippen LogP contribution in [0.2, 0.25) is 0 Å². The SMILES string of the molecule is [NH]C(=O)CC(N)=O. The van der Waals surface area contributed by atoms with Crippen molar-refractivity contribution in [3.63, 3.8) is 0 Å². The summed E-state index contributed by atoms with van der Waals surface area (Å²) in [5.74, 6) is -1.69. The van der Waals surface area contributed by atoms with Crippen LogP contribution in [0.3, 0.4) is 0 Å². The average molecular weight is 101 g/mol. The molecule has 4 nitrogen and oxygen atoms in total. The van der Waals surface area contributed by atoms with Crippen molar-refractivity contribution in [2.45, 2.75) is 6.42 Å². The molecule has 0 fully saturated rings. The molecule has 0 atom stereocenters. The fourth-order valence-corrected chi connectivity index (χ4v) is 0.158. The van der Waals surface area contributed by atoms with Crippen LogP contribution < -0.4 is 11.5 Å². The highest BCUT2D eigenvalue weighted by molar-refractivity contribution is 5.94. The van der Waals surface area contributed by atoms with Gasteiger partial charge in [0.2, 0.25) is 11.8 Å². The lowest BCUT2D eigenvalue weighted by molar-refractivity contribution is -0.126. The number of amides is 2. The molecule has 0 saturated carbocycles. The topological polar surface area (TPSA) is 84.0 Å². The van der Waals surface area contributed by atoms with Gasteiger partial charge in [0.25, 0.3) is 0 Å². The van der Waals surface area contributed by atoms with Crippen LogP contribution in [0.4, 0.5) is 0 Å². The third-order valence-electron chi connectivity index (χ3n) is 0.335. The Morgan fingerprint density at radius 2 is 2.00 bits per heavy atom. The zero-order valence-electron chi connectivity index (χ0n) is 3.60. The zero-order valence-corrected chi connectivity index (χ0v) is 3.60. The van der Waals surface area contributed by atoms with Gasteiger partial charge in [-0.25, -0.2) is 0 Å². The summed E-state index contributed by atoms with van der Waals surface area (Å²) < 4.78 is 0. The van der Waals surface area contributed by atoms with Crippen LogP contribution in [0.25, 0.3) is 0 Å². The third kappa shape index (κ3) is 4.94. The molecule has 0 saturated heterocycles. The number of nitrogens with one attached hydrogen (secondary N) is 1. The molecule has 3 N–H and O–H groups in total. The lowest BCUT2D eigenvalue weighted by Crippen LogP contribution is -2.16. The second-order valence-electron chi connectivity index (χ2n) is 1.07. The maximum absolute atomic E-state index is 9.69. The summed E-state index contributed by atoms with van der Waals surface area (Å²) in [6.07, 6.45) is -0.472. The Balaban J connectivity index is 3.32. The van der Waals surface area contributed by atoms with Crippen molar-refractivity contribution >= 4 is 11.8 Å². The highest BCUT2D eigenvalue weighted by Gasteiger charge is 1.97. The van der Waals surface area contributed by atoms with Gasteiger partial charge in [-0.3, -0.25) is 15.3 Å². The number of hydrogen-bond acceptors (Lipinski definition) is 2. The van der Waals surface area contributed by atoms with Gasteiger partial charge in [0.05, 0.1) is 0 Å². The number of carbonyl (C=O) groups excluding carboxylic acids is 2. The highest BCUT2D eigenvalue weighted by Crippen LogP contribution is 1.70. The fraction of sp³-hybridized carbons (Fsp3) is 0.333. The van der Waals surface area contributed by atoms with E-state index in [0.29, 0.717) is 0 Å². The molecule has 1 radical (unpaired) electrons. The number of hydrogen-bond donors (Lipinski definition) is 1. The van der Waals surface area contributed by atoms with Crippen LogP contribution in [0.5, 0.6) is 0 Å². The van der Waals surface area contributed by atoms with Crippen LogP contribution in [0.1, 0.15) is 6.42 Å². The second kappa shape index (κ2) is 2.17. The van der Waals surface area contributed by atoms with E-state index in [0.717, 1.165) is 0 Å². The van der Waals surface area contributed by atoms with Crippen LogP contribution in [0.15, 0.2) is 0 Å². The van der Waals surface area contributed by atoms with Crippen molar-refractivity contribution in [3.05, 3.63) is 0 Å². The summed E-state index contributed by atoms with van der Waals surface area (Å²) >= 11 is 0. The van der Waals surface area contributed by atoms with Crippen molar-refractivity contribution in [1.29, 1.82) is 0 Å². The summed E-state index contributed by atoms with van der Waals surface area (Å²) in [4.78, 5) is 19.3. The monoisotopic (exact) mass is 101 g/mol. The Kier molecular flexibility index (Phi) is 1.84. The molecule has 0 bridgehead atoms. The van der Waals surface area contributed by atoms with Crippen LogP contribution in [-0.4, -0.2) is 11.8 Å². The van der Waals surface area contributed by atoms with E-state index in [1.165, 1.54) is 0 Å². The lowest BCUT2D eigenvalue weighted by Gasteiger charge is -1.81. The summed E-state index contributed by atoms with van der Waals surface area (Å²) in [6.45, 7) is 0. The van der Waals surface area contributed by atoms with Gasteiger partial charge in [0, 0.05) is 0 Å². The van der Waals surface area contributed by atoms with E-state index in [2.05, 4.69) is 5.73 Å². The Labute approximate surface area is 40.5 Å². The summed E-state index contributed by atoms with van der Waals surface area (Å²) in [5, 5.41) is 0. The molecule has 0 aliphatic heterocycles. The second-order valence-corrected chi connectivity index (χ2v) is 1.07. The molecule has 0 spiro atoms. The molecule has 0 aromatic rings. The molecule has 0 unspecified atom stereocenters. The normalized spacial score (nSPS) is 8.00. The maximum atomic E-state index is 9.69. The first-order valence-corrected chi connectivity index (χ1v) is 1.65. The molecule has 0 rings (SSSR count). The average Bonchev–Trinajstić information content (AvgIpc) is 1.27. The Bertz CT molecular complexity index is 87.1. The van der Waals surface area contributed by atoms with Crippen LogP contribution in [0, 0.1) is 0 Å². The minimum absolute atomic E-state index is 0.472. The molecular formula is C3H5N2O2. The molecular weight excluding hydrogens is 96.0 g/mol. The van der Waals surface area contributed by atoms with Crippen molar-refractivity contribution in [2.24, 2.45) is 5.73 Å². The van der Waals surface area contributed by atoms with E-state index in [1.54, 1.807) is 0 Å². The smallest absolute Gasteiger partial charge is 0.247 e. The molecule has 0 aromatic heterocycles. The first-order valence-electron chi connectivity index (χ1n) is 1.65. The third-order valence-corrected chi connectivity index (χ3v) is 0.335. The summed E-state index contributed by atoms with van der Waals surface area (Å²) in [5.41, 5.74) is 10.7. The summed E-state index contributed by atoms with van der Waals surface area (Å²) in [7, 11) is 0. The first-order chi connectivity index (χ1) is 3.13. The minimum atomic E-state index is -0.938. The van der Waals surface area contributed by atoms with Gasteiger partial charge in [0.1, 0.15) is 6.42 Å². The van der Waals surface area contributed by atoms with Gasteiger partial charge in [0.15, 0.2) is 0 Å². The van der Waals surface area contributed by atoms with Crippen molar-refractivity contribution in [2.75, 3.05) is 0 Å². The van der Waals surface area contributed by atoms with Gasteiger partial charge in [-0.2, -0.15) is 0 Å². The van der Waals surface area contributed by atoms with Crippen molar-refractivity contribution in [1.82, 2.24) is 5.73 Å². The molecule has 2 amide bonds. The van der Waals surface area contributed by atoms with E-state index < -0.39 is 18.2 Å². The number of rotatable bonds is 2. The van der Waals surface area contributed by atoms with Crippen LogP contribution >= 0.6 is 0 Å². The van der Waals surface area contributed by atoms with E-state index in [-0.39, 0.29) is 0 Å². The Hall–Kier alpha value is -1.06. The van der Waals surface area contributed by atoms with Gasteiger partial charge in [-0.15, -0.1) is 0 Å². The van der Waals surface area contributed by atoms with Gasteiger partial charge >= 0.3 is 0 Å². The van der Waals surface area contributed by atoms with Gasteiger partial charge in [-0.1, -0.05) is 0 Å².